The number of aliphatic hydroxyl groups is 2. The summed E-state index contributed by atoms with van der Waals surface area (Å²) in [5.41, 5.74) is -3.51. The molecule has 0 radical (unpaired) electrons. The molecule has 4 atom stereocenters. The summed E-state index contributed by atoms with van der Waals surface area (Å²) in [5, 5.41) is 9.27. The van der Waals surface area contributed by atoms with Gasteiger partial charge in [0.2, 0.25) is 0 Å². The zero-order valence-electron chi connectivity index (χ0n) is 70.8. The van der Waals surface area contributed by atoms with Gasteiger partial charge in [0.25, 0.3) is 6.10 Å². The summed E-state index contributed by atoms with van der Waals surface area (Å²) in [6.07, 6.45) is -4.08. The molecule has 10 aliphatic carbocycles. The molecular formula is C91H97F7O27S7. The molecule has 2 N–H and O–H groups in total. The van der Waals surface area contributed by atoms with Crippen LogP contribution in [0.1, 0.15) is 135 Å². The normalized spacial score (nSPS) is 26.0. The van der Waals surface area contributed by atoms with Gasteiger partial charge in [0.05, 0.1) is 59.5 Å². The maximum atomic E-state index is 13.9. The maximum Gasteiger partial charge on any atom is 0.508 e. The Balaban J connectivity index is 0.000000156. The molecule has 132 heavy (non-hydrogen) atoms. The lowest BCUT2D eigenvalue weighted by Crippen LogP contribution is -2.60. The number of benzene rings is 7. The molecule has 4 unspecified atom stereocenters. The third-order valence-corrected chi connectivity index (χ3v) is 36.3. The lowest BCUT2D eigenvalue weighted by molar-refractivity contribution is -0.267. The van der Waals surface area contributed by atoms with Crippen LogP contribution in [-0.2, 0) is 124 Å². The smallest absolute Gasteiger partial charge is 0.508 e. The zero-order chi connectivity index (χ0) is 95.2. The van der Waals surface area contributed by atoms with Crippen LogP contribution in [0.25, 0.3) is 0 Å². The second-order valence-corrected chi connectivity index (χ2v) is 48.3. The van der Waals surface area contributed by atoms with Crippen LogP contribution in [0, 0.1) is 45.8 Å². The molecule has 11 fully saturated rings. The van der Waals surface area contributed by atoms with Crippen molar-refractivity contribution < 1.29 is 154 Å². The van der Waals surface area contributed by atoms with E-state index in [2.05, 4.69) is 9.47 Å². The van der Waals surface area contributed by atoms with Crippen molar-refractivity contribution in [1.82, 2.24) is 0 Å². The van der Waals surface area contributed by atoms with Crippen LogP contribution in [-0.4, -0.2) is 181 Å². The number of hydrogen-bond donors (Lipinski definition) is 2. The van der Waals surface area contributed by atoms with Gasteiger partial charge in [-0.2, -0.15) is 30.7 Å². The number of aliphatic hydroxyl groups excluding tert-OH is 2. The zero-order valence-corrected chi connectivity index (χ0v) is 76.5. The summed E-state index contributed by atoms with van der Waals surface area (Å²) < 4.78 is 271. The monoisotopic (exact) mass is 1980 g/mol. The van der Waals surface area contributed by atoms with Gasteiger partial charge in [-0.05, 0) is 285 Å². The van der Waals surface area contributed by atoms with E-state index < -0.39 is 201 Å². The first-order chi connectivity index (χ1) is 62.1. The largest absolute Gasteiger partial charge is 0.743 e. The lowest BCUT2D eigenvalue weighted by Gasteiger charge is -2.59. The van der Waals surface area contributed by atoms with Gasteiger partial charge in [0, 0.05) is 6.42 Å². The number of cyclic esters (lactones) is 2. The molecule has 0 spiro atoms. The van der Waals surface area contributed by atoms with Crippen LogP contribution in [0.3, 0.4) is 0 Å². The Hall–Kier alpha value is -9.04. The first kappa shape index (κ1) is 100. The molecule has 1 heterocycles. The minimum Gasteiger partial charge on any atom is -0.743 e. The highest BCUT2D eigenvalue weighted by Crippen LogP contribution is 2.67. The predicted octanol–water partition coefficient (Wildman–Crippen LogP) is 14.2. The number of carbonyl (C=O) groups is 6. The predicted molar refractivity (Wildman–Crippen MR) is 457 cm³/mol. The summed E-state index contributed by atoms with van der Waals surface area (Å²) in [7, 11) is -25.3. The lowest BCUT2D eigenvalue weighted by atomic mass is 9.44. The van der Waals surface area contributed by atoms with E-state index in [0.717, 1.165) is 48.6 Å². The minimum atomic E-state index is -6.80. The Labute approximate surface area is 764 Å². The van der Waals surface area contributed by atoms with Crippen molar-refractivity contribution in [3.63, 3.8) is 0 Å². The van der Waals surface area contributed by atoms with Gasteiger partial charge in [-0.1, -0.05) is 72.8 Å². The quantitative estimate of drug-likeness (QED) is 0.0115. The molecule has 11 aliphatic rings. The van der Waals surface area contributed by atoms with Gasteiger partial charge in [-0.3, -0.25) is 24.0 Å². The summed E-state index contributed by atoms with van der Waals surface area (Å²) in [5.74, 6) is -6.18. The Morgan fingerprint density at radius 2 is 0.780 bits per heavy atom. The maximum absolute atomic E-state index is 13.9. The first-order valence-corrected chi connectivity index (χ1v) is 52.9. The Morgan fingerprint density at radius 3 is 1.12 bits per heavy atom. The van der Waals surface area contributed by atoms with Crippen molar-refractivity contribution in [2.75, 3.05) is 30.5 Å². The number of halogens is 7. The molecule has 27 nitrogen and oxygen atoms in total. The van der Waals surface area contributed by atoms with Gasteiger partial charge < -0.3 is 52.5 Å². The highest BCUT2D eigenvalue weighted by molar-refractivity contribution is 7.97. The third-order valence-electron chi connectivity index (χ3n) is 25.2. The minimum absolute atomic E-state index is 0.00295. The highest BCUT2D eigenvalue weighted by Gasteiger charge is 2.68. The van der Waals surface area contributed by atoms with Crippen LogP contribution in [0.15, 0.2) is 238 Å². The average Bonchev–Trinajstić information content (AvgIpc) is 0.843. The SMILES string of the molecule is O=C(CS(=O)(=O)c1ccc([S+](c2ccccc2)c2ccc(S(=O)(=O)CC(=O)OC3CCC(O)CC3)cc2)cc1)OC1CCC(O)CC1.O=C(CS(=O)(=O)c1ccc([S+](c2ccccc2)c2ccccc2)cc1)OCC1COC(=O)O1.O=C(Oc1ccccc1)C12CC3CC(C1)CC(C(=O)OC(C(F)(F)F)C(F)(F)S(=O)(=O)[O-])(C3)C2.O=S(=O)([O-])C(F)(F)CC12CC3CC(CC(C3)C1)C2. The first-order valence-electron chi connectivity index (χ1n) is 42.7. The van der Waals surface area contributed by atoms with Crippen molar-refractivity contribution in [1.29, 1.82) is 0 Å². The van der Waals surface area contributed by atoms with Gasteiger partial charge in [-0.25, -0.2) is 46.9 Å². The van der Waals surface area contributed by atoms with E-state index in [0.29, 0.717) is 108 Å². The van der Waals surface area contributed by atoms with Crippen molar-refractivity contribution in [2.45, 2.75) is 232 Å². The van der Waals surface area contributed by atoms with Crippen molar-refractivity contribution in [3.05, 3.63) is 194 Å². The van der Waals surface area contributed by atoms with Gasteiger partial charge in [-0.15, -0.1) is 0 Å². The number of ether oxygens (including phenoxy) is 7. The number of hydrogen-bond acceptors (Lipinski definition) is 27. The third kappa shape index (κ3) is 24.8. The Bertz CT molecular complexity index is 5660. The van der Waals surface area contributed by atoms with E-state index in [1.54, 1.807) is 54.6 Å². The van der Waals surface area contributed by atoms with E-state index in [9.17, 15) is 121 Å². The average molecular weight is 1980 g/mol. The molecule has 0 amide bonds. The number of carbonyl (C=O) groups excluding carboxylic acids is 6. The van der Waals surface area contributed by atoms with E-state index in [1.165, 1.54) is 48.5 Å². The number of alkyl halides is 7. The van der Waals surface area contributed by atoms with Crippen LogP contribution in [0.4, 0.5) is 35.5 Å². The Morgan fingerprint density at radius 1 is 0.439 bits per heavy atom. The van der Waals surface area contributed by atoms with Gasteiger partial charge >= 0.3 is 52.7 Å². The van der Waals surface area contributed by atoms with Crippen LogP contribution in [0.5, 0.6) is 5.75 Å². The topological polar surface area (TPSA) is 424 Å². The highest BCUT2D eigenvalue weighted by atomic mass is 32.2. The molecule has 1 aliphatic heterocycles. The summed E-state index contributed by atoms with van der Waals surface area (Å²) in [4.78, 5) is 79.5. The molecule has 1 saturated heterocycles. The number of esters is 5. The van der Waals surface area contributed by atoms with E-state index >= 15 is 0 Å². The summed E-state index contributed by atoms with van der Waals surface area (Å²) in [6, 6.07) is 56.6. The van der Waals surface area contributed by atoms with Crippen molar-refractivity contribution in [2.24, 2.45) is 45.8 Å². The fraction of sp³-hybridized carbons (Fsp3) is 0.473. The molecule has 10 saturated carbocycles. The van der Waals surface area contributed by atoms with Gasteiger partial charge in [0.1, 0.15) is 31.2 Å². The molecule has 714 valence electrons. The van der Waals surface area contributed by atoms with E-state index in [4.69, 9.17) is 23.7 Å². The fourth-order valence-corrected chi connectivity index (χ4v) is 28.5. The number of rotatable bonds is 28. The van der Waals surface area contributed by atoms with Crippen molar-refractivity contribution in [3.8, 4) is 5.75 Å². The van der Waals surface area contributed by atoms with E-state index in [1.807, 2.05) is 91.0 Å². The molecule has 41 heteroatoms. The molecule has 8 bridgehead atoms. The molecular weight excluding hydrogens is 1880 g/mol. The summed E-state index contributed by atoms with van der Waals surface area (Å²) in [6.45, 7) is -0.291. The van der Waals surface area contributed by atoms with Crippen molar-refractivity contribution >= 4 is 108 Å². The summed E-state index contributed by atoms with van der Waals surface area (Å²) >= 11 is 0. The van der Waals surface area contributed by atoms with E-state index in [-0.39, 0.29) is 64.7 Å². The molecule has 18 rings (SSSR count). The number of sulfone groups is 3. The molecule has 7 aromatic carbocycles. The van der Waals surface area contributed by atoms with Crippen LogP contribution in [0.2, 0.25) is 0 Å². The fourth-order valence-electron chi connectivity index (χ4n) is 20.2. The van der Waals surface area contributed by atoms with Crippen LogP contribution >= 0.6 is 0 Å². The number of para-hydroxylation sites is 1. The Kier molecular flexibility index (Phi) is 31.1. The molecule has 7 aromatic rings. The second-order valence-electron chi connectivity index (χ2n) is 35.3. The second kappa shape index (κ2) is 40.9. The standard InChI is InChI=1S/C34H39O10S3.C24H21O7S2.C21H21F5O7S.C12H18F2O3S/c35-24-6-10-26(11-7-24)43-33(37)22-46(39,40)31-18-14-29(15-19-31)45(28-4-2-1-3-5-28)30-16-20-32(21-17-30)47(41,42)23-34(38)44-27-12-8-25(36)9-13-27;25-23(29-15-18-16-30-24(26)31-18)17-33(27,28)22-13-11-21(12-14-22)32(19-7-3-1-4-8-19)20-9-5-2-6-10-20;22-20(23,24)15(21(25,26)34(29,30)31)33-17(28)19-9-12-6-13(10-19)8-18(7-12,11-19)16(27)32-14-4-2-1-3-5-14;13-12(14,18(15,16)17)7-11-4-8-1-9(5-11)3-10(2-8)6-11/h1-5,14-21,24-27,35-36H,6-13,22-23H2;1-14,18H,15-17H2;1-5,12-13,15H,6-11H2,(H,29,30,31);8-10H,1-7H2,(H,15,16,17)/q2*+1;;/p-2. The van der Waals surface area contributed by atoms with Crippen LogP contribution < -0.4 is 4.74 Å². The van der Waals surface area contributed by atoms with Gasteiger partial charge in [0.15, 0.2) is 102 Å². The molecule has 0 aromatic heterocycles.